The maximum Gasteiger partial charge on any atom is 0.126 e. The van der Waals surface area contributed by atoms with Crippen LogP contribution in [-0.2, 0) is 5.41 Å². The van der Waals surface area contributed by atoms with Crippen molar-refractivity contribution < 1.29 is 4.39 Å². The third-order valence-corrected chi connectivity index (χ3v) is 14.9. The van der Waals surface area contributed by atoms with E-state index in [4.69, 9.17) is 0 Å². The number of thiophene rings is 2. The molecule has 6 heteroatoms. The van der Waals surface area contributed by atoms with E-state index in [0.717, 1.165) is 16.0 Å². The van der Waals surface area contributed by atoms with Gasteiger partial charge in [0.2, 0.25) is 0 Å². The molecule has 53 heavy (non-hydrogen) atoms. The Morgan fingerprint density at radius 1 is 0.528 bits per heavy atom. The summed E-state index contributed by atoms with van der Waals surface area (Å²) in [5.74, 6) is -0.221. The summed E-state index contributed by atoms with van der Waals surface area (Å²) in [6.07, 6.45) is 41.6. The molecule has 0 saturated carbocycles. The lowest BCUT2D eigenvalue weighted by molar-refractivity contribution is 0.397. The number of nitrogens with zero attached hydrogens (tertiary/aromatic N) is 2. The van der Waals surface area contributed by atoms with Crippen LogP contribution in [0.3, 0.4) is 0 Å². The standard InChI is InChI=1S/C47H71FN2S3/c1-3-5-7-9-11-13-15-17-19-21-23-25-27-29-32-47(33-30-28-26-24-22-20-18-16-14-12-10-8-6-4-2)40-31-34-51-45(40)46-41(47)37-43(52-46)39-35-38(48)36-42-44(39)50-53-49-42/h31,34-37H,3-30,32-33H2,1-2H3. The number of halogens is 1. The number of aromatic nitrogens is 2. The van der Waals surface area contributed by atoms with E-state index < -0.39 is 0 Å². The van der Waals surface area contributed by atoms with Crippen LogP contribution in [0.4, 0.5) is 4.39 Å². The Balaban J connectivity index is 1.13. The Hall–Kier alpha value is -1.63. The molecule has 0 N–H and O–H groups in total. The van der Waals surface area contributed by atoms with Gasteiger partial charge < -0.3 is 0 Å². The molecule has 0 amide bonds. The van der Waals surface area contributed by atoms with Crippen molar-refractivity contribution >= 4 is 45.4 Å². The first kappa shape index (κ1) is 42.5. The van der Waals surface area contributed by atoms with Gasteiger partial charge in [-0.05, 0) is 47.5 Å². The van der Waals surface area contributed by atoms with Crippen molar-refractivity contribution in [2.24, 2.45) is 0 Å². The van der Waals surface area contributed by atoms with Gasteiger partial charge in [-0.15, -0.1) is 22.7 Å². The lowest BCUT2D eigenvalue weighted by Gasteiger charge is -2.31. The molecule has 3 heterocycles. The van der Waals surface area contributed by atoms with E-state index in [1.54, 1.807) is 11.6 Å². The summed E-state index contributed by atoms with van der Waals surface area (Å²) in [4.78, 5) is 4.05. The van der Waals surface area contributed by atoms with E-state index in [0.29, 0.717) is 5.52 Å². The average Bonchev–Trinajstić information content (AvgIpc) is 3.97. The van der Waals surface area contributed by atoms with Gasteiger partial charge in [0.15, 0.2) is 0 Å². The molecule has 1 aliphatic carbocycles. The van der Waals surface area contributed by atoms with Gasteiger partial charge in [-0.2, -0.15) is 8.75 Å². The van der Waals surface area contributed by atoms with Crippen molar-refractivity contribution in [2.45, 2.75) is 212 Å². The van der Waals surface area contributed by atoms with E-state index >= 15 is 0 Å². The normalized spacial score (nSPS) is 13.3. The number of hydrogen-bond donors (Lipinski definition) is 0. The van der Waals surface area contributed by atoms with Crippen LogP contribution in [0.15, 0.2) is 29.6 Å². The van der Waals surface area contributed by atoms with Crippen molar-refractivity contribution in [2.75, 3.05) is 0 Å². The minimum atomic E-state index is -0.221. The SMILES string of the molecule is CCCCCCCCCCCCCCCCC1(CCCCCCCCCCCCCCCC)c2ccsc2-c2sc(-c3cc(F)cc4nsnc34)cc21. The Morgan fingerprint density at radius 3 is 1.49 bits per heavy atom. The molecule has 0 atom stereocenters. The predicted molar refractivity (Wildman–Crippen MR) is 235 cm³/mol. The van der Waals surface area contributed by atoms with Crippen molar-refractivity contribution in [3.05, 3.63) is 46.6 Å². The van der Waals surface area contributed by atoms with Crippen LogP contribution in [0.1, 0.15) is 218 Å². The van der Waals surface area contributed by atoms with Gasteiger partial charge in [0.05, 0.1) is 11.7 Å². The lowest BCUT2D eigenvalue weighted by atomic mass is 9.71. The molecule has 0 radical (unpaired) electrons. The molecule has 1 aromatic carbocycles. The molecule has 0 unspecified atom stereocenters. The van der Waals surface area contributed by atoms with E-state index in [9.17, 15) is 4.39 Å². The monoisotopic (exact) mass is 778 g/mol. The largest absolute Gasteiger partial charge is 0.207 e. The van der Waals surface area contributed by atoms with Crippen LogP contribution >= 0.6 is 34.4 Å². The minimum Gasteiger partial charge on any atom is -0.207 e. The van der Waals surface area contributed by atoms with Gasteiger partial charge in [0.1, 0.15) is 16.9 Å². The van der Waals surface area contributed by atoms with Crippen LogP contribution < -0.4 is 0 Å². The average molecular weight is 779 g/mol. The van der Waals surface area contributed by atoms with Crippen LogP contribution in [0.25, 0.3) is 31.2 Å². The summed E-state index contributed by atoms with van der Waals surface area (Å²) in [6, 6.07) is 8.10. The Labute approximate surface area is 335 Å². The molecule has 0 aliphatic heterocycles. The molecular weight excluding hydrogens is 708 g/mol. The lowest BCUT2D eigenvalue weighted by Crippen LogP contribution is -2.24. The van der Waals surface area contributed by atoms with Crippen LogP contribution in [0.2, 0.25) is 0 Å². The molecule has 3 aromatic heterocycles. The van der Waals surface area contributed by atoms with Gasteiger partial charge in [0, 0.05) is 31.7 Å². The van der Waals surface area contributed by atoms with E-state index in [1.165, 1.54) is 226 Å². The number of benzene rings is 1. The van der Waals surface area contributed by atoms with E-state index in [1.807, 2.05) is 22.7 Å². The molecule has 294 valence electrons. The van der Waals surface area contributed by atoms with Gasteiger partial charge in [0.25, 0.3) is 0 Å². The second kappa shape index (κ2) is 24.1. The summed E-state index contributed by atoms with van der Waals surface area (Å²) in [5, 5.41) is 2.32. The Kier molecular flexibility index (Phi) is 19.3. The zero-order valence-electron chi connectivity index (χ0n) is 33.6. The third kappa shape index (κ3) is 12.7. The number of fused-ring (bicyclic) bond motifs is 4. The topological polar surface area (TPSA) is 25.8 Å². The van der Waals surface area contributed by atoms with E-state index in [2.05, 4.69) is 40.1 Å². The summed E-state index contributed by atoms with van der Waals surface area (Å²) < 4.78 is 23.8. The second-order valence-corrected chi connectivity index (χ2v) is 18.9. The predicted octanol–water partition coefficient (Wildman–Crippen LogP) is 17.6. The second-order valence-electron chi connectivity index (χ2n) is 16.4. The van der Waals surface area contributed by atoms with Crippen molar-refractivity contribution in [3.8, 4) is 20.2 Å². The van der Waals surface area contributed by atoms with Gasteiger partial charge >= 0.3 is 0 Å². The van der Waals surface area contributed by atoms with Gasteiger partial charge in [-0.3, -0.25) is 0 Å². The fourth-order valence-corrected chi connectivity index (χ4v) is 12.0. The molecular formula is C47H71FN2S3. The zero-order chi connectivity index (χ0) is 37.0. The summed E-state index contributed by atoms with van der Waals surface area (Å²) >= 11 is 4.95. The number of unbranched alkanes of at least 4 members (excludes halogenated alkanes) is 26. The highest BCUT2D eigenvalue weighted by atomic mass is 32.1. The molecule has 0 spiro atoms. The first-order valence-corrected chi connectivity index (χ1v) is 24.8. The molecule has 0 saturated heterocycles. The summed E-state index contributed by atoms with van der Waals surface area (Å²) in [5.41, 5.74) is 5.61. The zero-order valence-corrected chi connectivity index (χ0v) is 36.0. The molecule has 0 fully saturated rings. The maximum absolute atomic E-state index is 14.8. The Bertz CT molecular complexity index is 1530. The van der Waals surface area contributed by atoms with Crippen molar-refractivity contribution in [1.29, 1.82) is 0 Å². The maximum atomic E-state index is 14.8. The number of hydrogen-bond acceptors (Lipinski definition) is 5. The molecule has 5 rings (SSSR count). The van der Waals surface area contributed by atoms with Gasteiger partial charge in [-0.25, -0.2) is 4.39 Å². The van der Waals surface area contributed by atoms with Crippen molar-refractivity contribution in [1.82, 2.24) is 8.75 Å². The smallest absolute Gasteiger partial charge is 0.126 e. The quantitative estimate of drug-likeness (QED) is 0.0476. The van der Waals surface area contributed by atoms with Crippen LogP contribution in [0.5, 0.6) is 0 Å². The minimum absolute atomic E-state index is 0.0838. The van der Waals surface area contributed by atoms with Crippen molar-refractivity contribution in [3.63, 3.8) is 0 Å². The highest BCUT2D eigenvalue weighted by molar-refractivity contribution is 7.24. The third-order valence-electron chi connectivity index (χ3n) is 12.1. The first-order valence-electron chi connectivity index (χ1n) is 22.3. The summed E-state index contributed by atoms with van der Waals surface area (Å²) in [7, 11) is 0. The molecule has 0 bridgehead atoms. The fourth-order valence-electron chi connectivity index (χ4n) is 9.00. The van der Waals surface area contributed by atoms with Gasteiger partial charge in [-0.1, -0.05) is 194 Å². The van der Waals surface area contributed by atoms with E-state index in [-0.39, 0.29) is 11.2 Å². The highest BCUT2D eigenvalue weighted by Crippen LogP contribution is 2.60. The van der Waals surface area contributed by atoms with Crippen LogP contribution in [-0.4, -0.2) is 8.75 Å². The molecule has 2 nitrogen and oxygen atoms in total. The Morgan fingerprint density at radius 2 is 1.00 bits per heavy atom. The fraction of sp³-hybridized carbons (Fsp3) is 0.702. The molecule has 1 aliphatic rings. The first-order chi connectivity index (χ1) is 26.2. The molecule has 4 aromatic rings. The summed E-state index contributed by atoms with van der Waals surface area (Å²) in [6.45, 7) is 4.60. The highest BCUT2D eigenvalue weighted by Gasteiger charge is 2.44. The number of rotatable bonds is 31. The van der Waals surface area contributed by atoms with Crippen LogP contribution in [0, 0.1) is 5.82 Å².